The Balaban J connectivity index is 1.59. The lowest BCUT2D eigenvalue weighted by Gasteiger charge is -2.20. The van der Waals surface area contributed by atoms with Crippen molar-refractivity contribution in [3.63, 3.8) is 0 Å². The molecule has 0 spiro atoms. The summed E-state index contributed by atoms with van der Waals surface area (Å²) >= 11 is 0. The van der Waals surface area contributed by atoms with Gasteiger partial charge in [-0.1, -0.05) is 84.9 Å². The third-order valence-electron chi connectivity index (χ3n) is 5.92. The smallest absolute Gasteiger partial charge is 0.180 e. The van der Waals surface area contributed by atoms with E-state index in [1.807, 2.05) is 72.8 Å². The van der Waals surface area contributed by atoms with E-state index in [1.165, 1.54) is 0 Å². The van der Waals surface area contributed by atoms with Crippen molar-refractivity contribution in [2.45, 2.75) is 5.92 Å². The molecule has 0 fully saturated rings. The molecule has 1 heterocycles. The number of hydrogen-bond acceptors (Lipinski definition) is 5. The Kier molecular flexibility index (Phi) is 5.99. The van der Waals surface area contributed by atoms with Gasteiger partial charge >= 0.3 is 0 Å². The van der Waals surface area contributed by atoms with E-state index in [9.17, 15) is 9.59 Å². The molecule has 1 aliphatic rings. The van der Waals surface area contributed by atoms with Crippen molar-refractivity contribution < 1.29 is 9.59 Å². The van der Waals surface area contributed by atoms with E-state index in [0.29, 0.717) is 16.8 Å². The summed E-state index contributed by atoms with van der Waals surface area (Å²) in [5.74, 6) is -2.08. The first-order valence-corrected chi connectivity index (χ1v) is 11.0. The van der Waals surface area contributed by atoms with Crippen LogP contribution >= 0.6 is 0 Å². The van der Waals surface area contributed by atoms with Gasteiger partial charge in [-0.25, -0.2) is 0 Å². The maximum Gasteiger partial charge on any atom is 0.180 e. The number of nitrogens with zero attached hydrogens (tertiary/aromatic N) is 3. The Morgan fingerprint density at radius 3 is 1.94 bits per heavy atom. The molecule has 4 aromatic rings. The first-order valence-electron chi connectivity index (χ1n) is 11.0. The highest BCUT2D eigenvalue weighted by atomic mass is 16.2. The summed E-state index contributed by atoms with van der Waals surface area (Å²) in [5.41, 5.74) is 4.03. The number of carbonyl (C=O) groups is 2. The summed E-state index contributed by atoms with van der Waals surface area (Å²) < 4.78 is 0. The summed E-state index contributed by atoms with van der Waals surface area (Å²) in [7, 11) is 0. The zero-order valence-corrected chi connectivity index (χ0v) is 18.3. The largest absolute Gasteiger partial charge is 0.297 e. The highest BCUT2D eigenvalue weighted by molar-refractivity contribution is 6.38. The van der Waals surface area contributed by atoms with Crippen LogP contribution in [0.5, 0.6) is 0 Å². The molecule has 5 heteroatoms. The number of benzene rings is 3. The number of pyridine rings is 1. The fraction of sp³-hybridized carbons (Fsp3) is 0.0690. The number of rotatable bonds is 6. The second-order valence-electron chi connectivity index (χ2n) is 8.01. The average Bonchev–Trinajstić information content (AvgIpc) is 3.18. The maximum absolute atomic E-state index is 14.1. The summed E-state index contributed by atoms with van der Waals surface area (Å²) in [5, 5.41) is 8.63. The van der Waals surface area contributed by atoms with Crippen molar-refractivity contribution in [1.82, 2.24) is 4.98 Å². The van der Waals surface area contributed by atoms with Crippen LogP contribution in [-0.2, 0) is 4.79 Å². The summed E-state index contributed by atoms with van der Waals surface area (Å²) in [4.78, 5) is 31.6. The molecule has 34 heavy (non-hydrogen) atoms. The van der Waals surface area contributed by atoms with Crippen molar-refractivity contribution in [2.24, 2.45) is 16.1 Å². The fourth-order valence-corrected chi connectivity index (χ4v) is 4.32. The minimum Gasteiger partial charge on any atom is -0.297 e. The Morgan fingerprint density at radius 1 is 0.765 bits per heavy atom. The van der Waals surface area contributed by atoms with Gasteiger partial charge in [-0.05, 0) is 28.8 Å². The van der Waals surface area contributed by atoms with Gasteiger partial charge in [0.2, 0.25) is 0 Å². The maximum atomic E-state index is 14.1. The quantitative estimate of drug-likeness (QED) is 0.236. The Morgan fingerprint density at radius 2 is 1.32 bits per heavy atom. The van der Waals surface area contributed by atoms with Gasteiger partial charge in [0.25, 0.3) is 0 Å². The summed E-state index contributed by atoms with van der Waals surface area (Å²) in [6, 6.07) is 29.9. The minimum atomic E-state index is -1.03. The van der Waals surface area contributed by atoms with E-state index in [0.717, 1.165) is 16.7 Å². The minimum absolute atomic E-state index is 0.212. The van der Waals surface area contributed by atoms with Crippen LogP contribution in [0.4, 0.5) is 0 Å². The molecule has 0 aliphatic heterocycles. The van der Waals surface area contributed by atoms with Crippen molar-refractivity contribution >= 4 is 23.5 Å². The zero-order valence-electron chi connectivity index (χ0n) is 18.3. The van der Waals surface area contributed by atoms with Gasteiger partial charge in [0.1, 0.15) is 5.92 Å². The standard InChI is InChI=1S/C29H21N3O2/c33-28-24-14-8-7-13-23(24)27(32-31-19-20-15-17-30-18-16-20)26(28)29(34)25(21-9-3-1-4-10-21)22-11-5-2-6-12-22/h1-19,25-26H. The molecular weight excluding hydrogens is 422 g/mol. The Labute approximate surface area is 197 Å². The SMILES string of the molecule is O=C1c2ccccc2C(=NN=Cc2ccncc2)C1C(=O)C(c1ccccc1)c1ccccc1. The van der Waals surface area contributed by atoms with Crippen LogP contribution in [-0.4, -0.2) is 28.5 Å². The van der Waals surface area contributed by atoms with E-state index in [2.05, 4.69) is 15.2 Å². The lowest BCUT2D eigenvalue weighted by molar-refractivity contribution is -0.120. The number of hydrogen-bond donors (Lipinski definition) is 0. The molecule has 0 bridgehead atoms. The molecular formula is C29H21N3O2. The van der Waals surface area contributed by atoms with Crippen molar-refractivity contribution in [3.05, 3.63) is 137 Å². The number of carbonyl (C=O) groups excluding carboxylic acids is 2. The molecule has 1 aliphatic carbocycles. The van der Waals surface area contributed by atoms with E-state index in [1.54, 1.807) is 42.9 Å². The number of aromatic nitrogens is 1. The van der Waals surface area contributed by atoms with Crippen LogP contribution in [0.2, 0.25) is 0 Å². The molecule has 0 N–H and O–H groups in total. The highest BCUT2D eigenvalue weighted by Gasteiger charge is 2.44. The van der Waals surface area contributed by atoms with Gasteiger partial charge < -0.3 is 0 Å². The predicted octanol–water partition coefficient (Wildman–Crippen LogP) is 5.12. The molecule has 3 aromatic carbocycles. The summed E-state index contributed by atoms with van der Waals surface area (Å²) in [6.45, 7) is 0. The second-order valence-corrected chi connectivity index (χ2v) is 8.01. The molecule has 1 aromatic heterocycles. The molecule has 164 valence electrons. The van der Waals surface area contributed by atoms with Crippen LogP contribution < -0.4 is 0 Å². The van der Waals surface area contributed by atoms with E-state index in [4.69, 9.17) is 0 Å². The van der Waals surface area contributed by atoms with Crippen LogP contribution in [0, 0.1) is 5.92 Å². The van der Waals surface area contributed by atoms with Crippen LogP contribution in [0.1, 0.15) is 38.5 Å². The fourth-order valence-electron chi connectivity index (χ4n) is 4.32. The first-order chi connectivity index (χ1) is 16.7. The molecule has 1 atom stereocenters. The van der Waals surface area contributed by atoms with Crippen molar-refractivity contribution in [1.29, 1.82) is 0 Å². The molecule has 0 amide bonds. The lowest BCUT2D eigenvalue weighted by atomic mass is 9.80. The Hall–Kier alpha value is -4.51. The first kappa shape index (κ1) is 21.3. The van der Waals surface area contributed by atoms with E-state index < -0.39 is 11.8 Å². The van der Waals surface area contributed by atoms with Gasteiger partial charge in [0, 0.05) is 23.5 Å². The number of Topliss-reactive ketones (excluding diaryl/α,β-unsaturated/α-hetero) is 2. The molecule has 1 unspecified atom stereocenters. The second kappa shape index (κ2) is 9.55. The number of ketones is 2. The third kappa shape index (κ3) is 4.11. The van der Waals surface area contributed by atoms with Gasteiger partial charge in [-0.3, -0.25) is 14.6 Å². The van der Waals surface area contributed by atoms with E-state index >= 15 is 0 Å². The normalized spacial score (nSPS) is 16.3. The lowest BCUT2D eigenvalue weighted by Crippen LogP contribution is -2.31. The topological polar surface area (TPSA) is 71.8 Å². The molecule has 0 saturated carbocycles. The predicted molar refractivity (Wildman–Crippen MR) is 132 cm³/mol. The van der Waals surface area contributed by atoms with Crippen molar-refractivity contribution in [2.75, 3.05) is 0 Å². The molecule has 0 radical (unpaired) electrons. The highest BCUT2D eigenvalue weighted by Crippen LogP contribution is 2.35. The molecule has 5 rings (SSSR count). The van der Waals surface area contributed by atoms with Gasteiger partial charge in [-0.2, -0.15) is 10.2 Å². The number of fused-ring (bicyclic) bond motifs is 1. The van der Waals surface area contributed by atoms with Crippen LogP contribution in [0.25, 0.3) is 0 Å². The van der Waals surface area contributed by atoms with Crippen molar-refractivity contribution in [3.8, 4) is 0 Å². The average molecular weight is 444 g/mol. The van der Waals surface area contributed by atoms with E-state index in [-0.39, 0.29) is 11.6 Å². The Bertz CT molecular complexity index is 1340. The molecule has 0 saturated heterocycles. The summed E-state index contributed by atoms with van der Waals surface area (Å²) in [6.07, 6.45) is 4.92. The van der Waals surface area contributed by atoms with Gasteiger partial charge in [-0.15, -0.1) is 0 Å². The van der Waals surface area contributed by atoms with Crippen LogP contribution in [0.3, 0.4) is 0 Å². The monoisotopic (exact) mass is 443 g/mol. The van der Waals surface area contributed by atoms with Gasteiger partial charge in [0.15, 0.2) is 11.6 Å². The zero-order chi connectivity index (χ0) is 23.3. The molecule has 5 nitrogen and oxygen atoms in total. The third-order valence-corrected chi connectivity index (χ3v) is 5.92. The van der Waals surface area contributed by atoms with Crippen LogP contribution in [0.15, 0.2) is 120 Å². The van der Waals surface area contributed by atoms with Gasteiger partial charge in [0.05, 0.1) is 17.8 Å².